The number of nitrogens with zero attached hydrogens (tertiary/aromatic N) is 4. The molecular formula is C13H13FN4O2. The second kappa shape index (κ2) is 6.23. The zero-order valence-electron chi connectivity index (χ0n) is 10.6. The fraction of sp³-hybridized carbons (Fsp3) is 0.308. The second-order valence-electron chi connectivity index (χ2n) is 4.32. The Labute approximate surface area is 114 Å². The molecule has 0 fully saturated rings. The molecule has 1 unspecified atom stereocenters. The minimum atomic E-state index is -0.977. The summed E-state index contributed by atoms with van der Waals surface area (Å²) in [5.74, 6) is -0.336. The molecule has 1 aromatic heterocycles. The smallest absolute Gasteiger partial charge is 0.186 e. The number of benzene rings is 1. The summed E-state index contributed by atoms with van der Waals surface area (Å²) in [6, 6.07) is 7.80. The predicted molar refractivity (Wildman–Crippen MR) is 67.0 cm³/mol. The Morgan fingerprint density at radius 1 is 1.35 bits per heavy atom. The van der Waals surface area contributed by atoms with E-state index in [1.807, 2.05) is 6.07 Å². The Morgan fingerprint density at radius 2 is 2.05 bits per heavy atom. The molecule has 1 aromatic carbocycles. The van der Waals surface area contributed by atoms with Crippen LogP contribution in [0.2, 0.25) is 0 Å². The number of hydrogen-bond acceptors (Lipinski definition) is 5. The zero-order valence-corrected chi connectivity index (χ0v) is 10.6. The summed E-state index contributed by atoms with van der Waals surface area (Å²) in [6.07, 6.45) is -0.635. The van der Waals surface area contributed by atoms with E-state index in [4.69, 9.17) is 10.4 Å². The third kappa shape index (κ3) is 3.17. The van der Waals surface area contributed by atoms with Crippen LogP contribution in [0.4, 0.5) is 4.39 Å². The van der Waals surface area contributed by atoms with Gasteiger partial charge in [-0.1, -0.05) is 17.3 Å². The summed E-state index contributed by atoms with van der Waals surface area (Å²) < 4.78 is 14.2. The maximum absolute atomic E-state index is 12.9. The quantitative estimate of drug-likeness (QED) is 0.815. The highest BCUT2D eigenvalue weighted by Crippen LogP contribution is 2.13. The van der Waals surface area contributed by atoms with Crippen LogP contribution in [0.1, 0.15) is 17.0 Å². The summed E-state index contributed by atoms with van der Waals surface area (Å²) in [7, 11) is 0. The van der Waals surface area contributed by atoms with Crippen LogP contribution in [0.3, 0.4) is 0 Å². The molecule has 0 saturated heterocycles. The van der Waals surface area contributed by atoms with Crippen molar-refractivity contribution in [1.29, 1.82) is 5.26 Å². The molecule has 2 rings (SSSR count). The Hall–Kier alpha value is -2.30. The van der Waals surface area contributed by atoms with E-state index in [0.717, 1.165) is 5.56 Å². The summed E-state index contributed by atoms with van der Waals surface area (Å²) in [5.41, 5.74) is 1.47. The lowest BCUT2D eigenvalue weighted by atomic mass is 10.1. The molecular weight excluding hydrogens is 263 g/mol. The molecule has 1 heterocycles. The van der Waals surface area contributed by atoms with Gasteiger partial charge in [-0.25, -0.2) is 9.07 Å². The number of aliphatic hydroxyl groups is 2. The number of hydrogen-bond donors (Lipinski definition) is 2. The monoisotopic (exact) mass is 276 g/mol. The van der Waals surface area contributed by atoms with E-state index in [9.17, 15) is 9.50 Å². The van der Waals surface area contributed by atoms with Crippen molar-refractivity contribution in [2.45, 2.75) is 19.1 Å². The van der Waals surface area contributed by atoms with Crippen molar-refractivity contribution >= 4 is 0 Å². The van der Waals surface area contributed by atoms with Gasteiger partial charge >= 0.3 is 0 Å². The maximum atomic E-state index is 12.9. The summed E-state index contributed by atoms with van der Waals surface area (Å²) in [4.78, 5) is 0. The van der Waals surface area contributed by atoms with Gasteiger partial charge in [-0.15, -0.1) is 5.10 Å². The molecule has 0 bridgehead atoms. The molecule has 7 heteroatoms. The van der Waals surface area contributed by atoms with Crippen LogP contribution in [0, 0.1) is 17.1 Å². The van der Waals surface area contributed by atoms with Crippen molar-refractivity contribution in [1.82, 2.24) is 15.0 Å². The van der Waals surface area contributed by atoms with E-state index in [2.05, 4.69) is 10.3 Å². The van der Waals surface area contributed by atoms with Crippen LogP contribution in [0.25, 0.3) is 0 Å². The van der Waals surface area contributed by atoms with Crippen molar-refractivity contribution < 1.29 is 14.6 Å². The summed E-state index contributed by atoms with van der Waals surface area (Å²) in [6.45, 7) is -0.362. The van der Waals surface area contributed by atoms with Gasteiger partial charge in [-0.2, -0.15) is 5.26 Å². The molecule has 0 spiro atoms. The lowest BCUT2D eigenvalue weighted by Gasteiger charge is -2.10. The Morgan fingerprint density at radius 3 is 2.65 bits per heavy atom. The third-order valence-electron chi connectivity index (χ3n) is 2.82. The van der Waals surface area contributed by atoms with Gasteiger partial charge in [-0.3, -0.25) is 0 Å². The van der Waals surface area contributed by atoms with Gasteiger partial charge in [-0.05, 0) is 17.7 Å². The normalized spacial score (nSPS) is 12.1. The molecule has 1 atom stereocenters. The highest BCUT2D eigenvalue weighted by molar-refractivity contribution is 5.30. The molecule has 0 amide bonds. The number of aliphatic hydroxyl groups excluding tert-OH is 2. The molecule has 2 N–H and O–H groups in total. The fourth-order valence-corrected chi connectivity index (χ4v) is 1.79. The fourth-order valence-electron chi connectivity index (χ4n) is 1.79. The molecule has 0 saturated carbocycles. The van der Waals surface area contributed by atoms with Crippen LogP contribution in [0.15, 0.2) is 24.3 Å². The van der Waals surface area contributed by atoms with Gasteiger partial charge in [0, 0.05) is 6.42 Å². The van der Waals surface area contributed by atoms with Gasteiger partial charge < -0.3 is 10.2 Å². The largest absolute Gasteiger partial charge is 0.394 e. The average Bonchev–Trinajstić information content (AvgIpc) is 2.83. The molecule has 0 aliphatic heterocycles. The molecule has 104 valence electrons. The first-order chi connectivity index (χ1) is 9.63. The van der Waals surface area contributed by atoms with Gasteiger partial charge in [0.25, 0.3) is 0 Å². The van der Waals surface area contributed by atoms with Crippen molar-refractivity contribution in [3.63, 3.8) is 0 Å². The predicted octanol–water partition coefficient (Wildman–Crippen LogP) is 0.233. The van der Waals surface area contributed by atoms with Crippen molar-refractivity contribution in [3.05, 3.63) is 47.0 Å². The molecule has 2 aromatic rings. The van der Waals surface area contributed by atoms with Gasteiger partial charge in [0.05, 0.1) is 24.9 Å². The van der Waals surface area contributed by atoms with Crippen molar-refractivity contribution in [2.24, 2.45) is 0 Å². The highest BCUT2D eigenvalue weighted by atomic mass is 19.1. The zero-order chi connectivity index (χ0) is 14.5. The van der Waals surface area contributed by atoms with Crippen LogP contribution < -0.4 is 0 Å². The highest BCUT2D eigenvalue weighted by Gasteiger charge is 2.15. The third-order valence-corrected chi connectivity index (χ3v) is 2.82. The summed E-state index contributed by atoms with van der Waals surface area (Å²) in [5, 5.41) is 34.8. The van der Waals surface area contributed by atoms with E-state index in [-0.39, 0.29) is 18.1 Å². The lowest BCUT2D eigenvalue weighted by Crippen LogP contribution is -2.22. The molecule has 0 aliphatic rings. The second-order valence-corrected chi connectivity index (χ2v) is 4.32. The van der Waals surface area contributed by atoms with Gasteiger partial charge in [0.1, 0.15) is 11.9 Å². The molecule has 0 aliphatic carbocycles. The van der Waals surface area contributed by atoms with E-state index < -0.39 is 12.7 Å². The molecule has 20 heavy (non-hydrogen) atoms. The van der Waals surface area contributed by atoms with E-state index in [1.54, 1.807) is 12.1 Å². The standard InChI is InChI=1S/C13H13FN4O2/c14-10-3-1-9(2-4-10)5-13-12(6-15)16-17-18(13)7-11(20)8-19/h1-4,11,19-20H,5,7-8H2. The Balaban J connectivity index is 2.27. The lowest BCUT2D eigenvalue weighted by molar-refractivity contribution is 0.0771. The maximum Gasteiger partial charge on any atom is 0.186 e. The number of rotatable bonds is 5. The minimum Gasteiger partial charge on any atom is -0.394 e. The SMILES string of the molecule is N#Cc1nnn(CC(O)CO)c1Cc1ccc(F)cc1. The Kier molecular flexibility index (Phi) is 4.40. The minimum absolute atomic E-state index is 0.0434. The first-order valence-corrected chi connectivity index (χ1v) is 6.00. The average molecular weight is 276 g/mol. The van der Waals surface area contributed by atoms with Crippen LogP contribution in [0.5, 0.6) is 0 Å². The van der Waals surface area contributed by atoms with E-state index in [1.165, 1.54) is 16.8 Å². The Bertz CT molecular complexity index is 618. The van der Waals surface area contributed by atoms with Crippen molar-refractivity contribution in [3.8, 4) is 6.07 Å². The molecule has 6 nitrogen and oxygen atoms in total. The molecule has 0 radical (unpaired) electrons. The van der Waals surface area contributed by atoms with Crippen LogP contribution in [-0.4, -0.2) is 37.9 Å². The van der Waals surface area contributed by atoms with E-state index >= 15 is 0 Å². The number of halogens is 1. The van der Waals surface area contributed by atoms with E-state index in [0.29, 0.717) is 12.1 Å². The van der Waals surface area contributed by atoms with Gasteiger partial charge in [0.2, 0.25) is 0 Å². The first-order valence-electron chi connectivity index (χ1n) is 6.00. The topological polar surface area (TPSA) is 95.0 Å². The van der Waals surface area contributed by atoms with Gasteiger partial charge in [0.15, 0.2) is 5.69 Å². The van der Waals surface area contributed by atoms with Crippen LogP contribution >= 0.6 is 0 Å². The number of aromatic nitrogens is 3. The van der Waals surface area contributed by atoms with Crippen molar-refractivity contribution in [2.75, 3.05) is 6.61 Å². The van der Waals surface area contributed by atoms with Crippen LogP contribution in [-0.2, 0) is 13.0 Å². The number of nitriles is 1. The first kappa shape index (κ1) is 14.1. The summed E-state index contributed by atoms with van der Waals surface area (Å²) >= 11 is 0.